The van der Waals surface area contributed by atoms with Crippen LogP contribution in [-0.4, -0.2) is 0 Å². The predicted octanol–water partition coefficient (Wildman–Crippen LogP) is 2.05. The van der Waals surface area contributed by atoms with Crippen LogP contribution in [0.3, 0.4) is 0 Å². The molecule has 0 bridgehead atoms. The van der Waals surface area contributed by atoms with Crippen LogP contribution in [0.25, 0.3) is 0 Å². The van der Waals surface area contributed by atoms with E-state index < -0.39 is 0 Å². The van der Waals surface area contributed by atoms with Gasteiger partial charge in [-0.05, 0) is 25.0 Å². The number of nitrogens with two attached hydrogens (primary N) is 1. The molecule has 1 atom stereocenters. The molecule has 1 aromatic carbocycles. The Morgan fingerprint density at radius 3 is 2.87 bits per heavy atom. The maximum atomic E-state index is 13.6. The summed E-state index contributed by atoms with van der Waals surface area (Å²) in [7, 11) is 0. The first-order valence-corrected chi connectivity index (χ1v) is 4.84. The standard InChI is InChI=1S/C12H15FN2/c1-3-4-5-12(15-14)10-7-6-9(2)8-11(10)13/h1,6-8,12,15H,4-5,14H2,2H3. The lowest BCUT2D eigenvalue weighted by molar-refractivity contribution is 0.490. The number of hydrogen-bond acceptors (Lipinski definition) is 2. The van der Waals surface area contributed by atoms with Gasteiger partial charge in [-0.3, -0.25) is 11.3 Å². The van der Waals surface area contributed by atoms with Crippen molar-refractivity contribution in [3.05, 3.63) is 35.1 Å². The second-order valence-corrected chi connectivity index (χ2v) is 3.49. The molecule has 0 fully saturated rings. The summed E-state index contributed by atoms with van der Waals surface area (Å²) in [6, 6.07) is 4.88. The van der Waals surface area contributed by atoms with Crippen LogP contribution >= 0.6 is 0 Å². The molecule has 0 saturated carbocycles. The summed E-state index contributed by atoms with van der Waals surface area (Å²) in [6.45, 7) is 1.85. The van der Waals surface area contributed by atoms with Crippen molar-refractivity contribution in [1.29, 1.82) is 0 Å². The van der Waals surface area contributed by atoms with Crippen LogP contribution < -0.4 is 11.3 Å². The number of halogens is 1. The molecule has 0 aliphatic rings. The average Bonchev–Trinajstić information content (AvgIpc) is 2.21. The monoisotopic (exact) mass is 206 g/mol. The predicted molar refractivity (Wildman–Crippen MR) is 59.3 cm³/mol. The van der Waals surface area contributed by atoms with Crippen molar-refractivity contribution >= 4 is 0 Å². The van der Waals surface area contributed by atoms with Gasteiger partial charge in [0.05, 0.1) is 0 Å². The molecule has 0 amide bonds. The van der Waals surface area contributed by atoms with Gasteiger partial charge in [0.2, 0.25) is 0 Å². The number of nitrogens with one attached hydrogen (secondary N) is 1. The van der Waals surface area contributed by atoms with Crippen LogP contribution in [0.4, 0.5) is 4.39 Å². The quantitative estimate of drug-likeness (QED) is 0.449. The van der Waals surface area contributed by atoms with E-state index in [0.717, 1.165) is 5.56 Å². The van der Waals surface area contributed by atoms with Crippen LogP contribution in [0.5, 0.6) is 0 Å². The molecule has 1 unspecified atom stereocenters. The van der Waals surface area contributed by atoms with Gasteiger partial charge in [0, 0.05) is 18.0 Å². The molecule has 2 nitrogen and oxygen atoms in total. The fourth-order valence-electron chi connectivity index (χ4n) is 1.47. The lowest BCUT2D eigenvalue weighted by atomic mass is 10.0. The van der Waals surface area contributed by atoms with E-state index in [1.807, 2.05) is 13.0 Å². The first-order chi connectivity index (χ1) is 7.19. The molecule has 0 aromatic heterocycles. The molecule has 0 spiro atoms. The minimum Gasteiger partial charge on any atom is -0.271 e. The van der Waals surface area contributed by atoms with E-state index in [-0.39, 0.29) is 11.9 Å². The highest BCUT2D eigenvalue weighted by atomic mass is 19.1. The van der Waals surface area contributed by atoms with E-state index >= 15 is 0 Å². The van der Waals surface area contributed by atoms with E-state index in [0.29, 0.717) is 18.4 Å². The first kappa shape index (κ1) is 11.7. The summed E-state index contributed by atoms with van der Waals surface area (Å²) >= 11 is 0. The van der Waals surface area contributed by atoms with Crippen LogP contribution in [0.1, 0.15) is 30.0 Å². The molecule has 0 aliphatic carbocycles. The van der Waals surface area contributed by atoms with Crippen LogP contribution in [0, 0.1) is 25.1 Å². The molecule has 80 valence electrons. The van der Waals surface area contributed by atoms with Crippen molar-refractivity contribution in [3.63, 3.8) is 0 Å². The summed E-state index contributed by atoms with van der Waals surface area (Å²) in [5.41, 5.74) is 4.04. The topological polar surface area (TPSA) is 38.0 Å². The second kappa shape index (κ2) is 5.50. The molecule has 3 heteroatoms. The van der Waals surface area contributed by atoms with E-state index in [9.17, 15) is 4.39 Å². The van der Waals surface area contributed by atoms with Crippen molar-refractivity contribution in [2.75, 3.05) is 0 Å². The highest BCUT2D eigenvalue weighted by Gasteiger charge is 2.13. The molecule has 15 heavy (non-hydrogen) atoms. The number of benzene rings is 1. The van der Waals surface area contributed by atoms with Gasteiger partial charge in [0.15, 0.2) is 0 Å². The van der Waals surface area contributed by atoms with Gasteiger partial charge in [-0.1, -0.05) is 12.1 Å². The normalized spacial score (nSPS) is 12.1. The Balaban J connectivity index is 2.87. The van der Waals surface area contributed by atoms with Gasteiger partial charge in [-0.15, -0.1) is 12.3 Å². The Morgan fingerprint density at radius 1 is 1.60 bits per heavy atom. The smallest absolute Gasteiger partial charge is 0.128 e. The van der Waals surface area contributed by atoms with E-state index in [1.54, 1.807) is 6.07 Å². The summed E-state index contributed by atoms with van der Waals surface area (Å²) in [5, 5.41) is 0. The summed E-state index contributed by atoms with van der Waals surface area (Å²) in [4.78, 5) is 0. The molecule has 0 aliphatic heterocycles. The fraction of sp³-hybridized carbons (Fsp3) is 0.333. The summed E-state index contributed by atoms with van der Waals surface area (Å²) in [5.74, 6) is 7.64. The molecule has 0 saturated heterocycles. The van der Waals surface area contributed by atoms with Gasteiger partial charge in [0.1, 0.15) is 5.82 Å². The average molecular weight is 206 g/mol. The van der Waals surface area contributed by atoms with E-state index in [2.05, 4.69) is 11.3 Å². The Kier molecular flexibility index (Phi) is 4.29. The van der Waals surface area contributed by atoms with Gasteiger partial charge in [0.25, 0.3) is 0 Å². The van der Waals surface area contributed by atoms with Crippen LogP contribution in [0.2, 0.25) is 0 Å². The zero-order valence-corrected chi connectivity index (χ0v) is 8.76. The highest BCUT2D eigenvalue weighted by molar-refractivity contribution is 5.26. The van der Waals surface area contributed by atoms with E-state index in [4.69, 9.17) is 12.3 Å². The number of hydrazine groups is 1. The zero-order chi connectivity index (χ0) is 11.3. The number of rotatable bonds is 4. The van der Waals surface area contributed by atoms with Crippen molar-refractivity contribution in [3.8, 4) is 12.3 Å². The van der Waals surface area contributed by atoms with Gasteiger partial charge in [-0.25, -0.2) is 4.39 Å². The minimum absolute atomic E-state index is 0.221. The Morgan fingerprint density at radius 2 is 2.33 bits per heavy atom. The SMILES string of the molecule is C#CCCC(NN)c1ccc(C)cc1F. The molecular formula is C12H15FN2. The Labute approximate surface area is 89.6 Å². The van der Waals surface area contributed by atoms with Crippen molar-refractivity contribution in [1.82, 2.24) is 5.43 Å². The highest BCUT2D eigenvalue weighted by Crippen LogP contribution is 2.21. The first-order valence-electron chi connectivity index (χ1n) is 4.84. The number of terminal acetylenes is 1. The van der Waals surface area contributed by atoms with Gasteiger partial charge in [-0.2, -0.15) is 0 Å². The molecule has 0 radical (unpaired) electrons. The van der Waals surface area contributed by atoms with Crippen molar-refractivity contribution < 1.29 is 4.39 Å². The lowest BCUT2D eigenvalue weighted by Crippen LogP contribution is -2.28. The van der Waals surface area contributed by atoms with Gasteiger partial charge < -0.3 is 0 Å². The second-order valence-electron chi connectivity index (χ2n) is 3.49. The molecule has 1 rings (SSSR count). The third-order valence-electron chi connectivity index (χ3n) is 2.31. The van der Waals surface area contributed by atoms with Crippen molar-refractivity contribution in [2.24, 2.45) is 5.84 Å². The van der Waals surface area contributed by atoms with Crippen LogP contribution in [0.15, 0.2) is 18.2 Å². The van der Waals surface area contributed by atoms with Crippen molar-refractivity contribution in [2.45, 2.75) is 25.8 Å². The third-order valence-corrected chi connectivity index (χ3v) is 2.31. The maximum Gasteiger partial charge on any atom is 0.128 e. The fourth-order valence-corrected chi connectivity index (χ4v) is 1.47. The Hall–Kier alpha value is -1.37. The zero-order valence-electron chi connectivity index (χ0n) is 8.76. The van der Waals surface area contributed by atoms with Crippen LogP contribution in [-0.2, 0) is 0 Å². The molecule has 1 aromatic rings. The summed E-state index contributed by atoms with van der Waals surface area (Å²) < 4.78 is 13.6. The maximum absolute atomic E-state index is 13.6. The Bertz CT molecular complexity index is 368. The molecule has 0 heterocycles. The van der Waals surface area contributed by atoms with E-state index in [1.165, 1.54) is 6.07 Å². The summed E-state index contributed by atoms with van der Waals surface area (Å²) in [6.07, 6.45) is 6.36. The number of hydrogen-bond donors (Lipinski definition) is 2. The number of aryl methyl sites for hydroxylation is 1. The third kappa shape index (κ3) is 3.05. The lowest BCUT2D eigenvalue weighted by Gasteiger charge is -2.16. The molecule has 3 N–H and O–H groups in total. The van der Waals surface area contributed by atoms with Gasteiger partial charge >= 0.3 is 0 Å². The molecular weight excluding hydrogens is 191 g/mol. The minimum atomic E-state index is -0.241. The largest absolute Gasteiger partial charge is 0.271 e.